The van der Waals surface area contributed by atoms with E-state index in [0.29, 0.717) is 0 Å². The van der Waals surface area contributed by atoms with Crippen LogP contribution in [0, 0.1) is 0 Å². The van der Waals surface area contributed by atoms with Crippen molar-refractivity contribution < 1.29 is 0 Å². The maximum absolute atomic E-state index is 2.39. The Morgan fingerprint density at radius 3 is 1.80 bits per heavy atom. The standard InChI is InChI=1S/C46H29NS2/c1-2-9-30(10-3-1)33-12-8-13-36(27-33)47(37-23-26-40-39-15-6-7-16-43(39)48-45(40)29-37)35-21-17-31(18-22-35)34-20-24-41-42-25-19-32-11-4-5-14-38(32)46(42)49-44(41)28-34/h1-29H. The van der Waals surface area contributed by atoms with E-state index in [1.165, 1.54) is 73.4 Å². The summed E-state index contributed by atoms with van der Waals surface area (Å²) in [4.78, 5) is 2.39. The smallest absolute Gasteiger partial charge is 0.0476 e. The van der Waals surface area contributed by atoms with Crippen LogP contribution in [0.15, 0.2) is 176 Å². The van der Waals surface area contributed by atoms with Crippen molar-refractivity contribution in [1.82, 2.24) is 0 Å². The second kappa shape index (κ2) is 11.5. The van der Waals surface area contributed by atoms with Crippen LogP contribution in [0.5, 0.6) is 0 Å². The summed E-state index contributed by atoms with van der Waals surface area (Å²) in [6.45, 7) is 0. The fourth-order valence-corrected chi connectivity index (χ4v) is 9.66. The third-order valence-corrected chi connectivity index (χ3v) is 12.0. The van der Waals surface area contributed by atoms with E-state index < -0.39 is 0 Å². The Hall–Kier alpha value is -5.74. The Labute approximate surface area is 292 Å². The van der Waals surface area contributed by atoms with Gasteiger partial charge in [-0.2, -0.15) is 0 Å². The van der Waals surface area contributed by atoms with Crippen molar-refractivity contribution in [2.45, 2.75) is 0 Å². The van der Waals surface area contributed by atoms with Crippen molar-refractivity contribution >= 4 is 90.9 Å². The number of hydrogen-bond donors (Lipinski definition) is 0. The molecule has 0 radical (unpaired) electrons. The molecule has 0 aliphatic rings. The molecule has 1 nitrogen and oxygen atoms in total. The monoisotopic (exact) mass is 659 g/mol. The lowest BCUT2D eigenvalue weighted by Crippen LogP contribution is -2.09. The zero-order valence-corrected chi connectivity index (χ0v) is 28.1. The summed E-state index contributed by atoms with van der Waals surface area (Å²) in [6.07, 6.45) is 0. The second-order valence-electron chi connectivity index (χ2n) is 12.6. The van der Waals surface area contributed by atoms with E-state index in [0.717, 1.165) is 17.1 Å². The maximum Gasteiger partial charge on any atom is 0.0476 e. The number of thiophene rings is 2. The zero-order valence-electron chi connectivity index (χ0n) is 26.5. The second-order valence-corrected chi connectivity index (χ2v) is 14.7. The van der Waals surface area contributed by atoms with Gasteiger partial charge in [0.25, 0.3) is 0 Å². The average molecular weight is 660 g/mol. The number of nitrogens with zero attached hydrogens (tertiary/aromatic N) is 1. The highest BCUT2D eigenvalue weighted by Crippen LogP contribution is 2.43. The summed E-state index contributed by atoms with van der Waals surface area (Å²) in [5.74, 6) is 0. The molecule has 230 valence electrons. The molecule has 0 bridgehead atoms. The Morgan fingerprint density at radius 1 is 0.306 bits per heavy atom. The van der Waals surface area contributed by atoms with Crippen LogP contribution >= 0.6 is 22.7 Å². The maximum atomic E-state index is 2.39. The van der Waals surface area contributed by atoms with E-state index >= 15 is 0 Å². The van der Waals surface area contributed by atoms with Crippen molar-refractivity contribution in [2.75, 3.05) is 4.90 Å². The van der Waals surface area contributed by atoms with Gasteiger partial charge in [0.05, 0.1) is 0 Å². The highest BCUT2D eigenvalue weighted by atomic mass is 32.1. The van der Waals surface area contributed by atoms with E-state index in [1.54, 1.807) is 0 Å². The van der Waals surface area contributed by atoms with Gasteiger partial charge in [0.1, 0.15) is 0 Å². The Kier molecular flexibility index (Phi) is 6.61. The van der Waals surface area contributed by atoms with E-state index in [-0.39, 0.29) is 0 Å². The molecule has 0 saturated heterocycles. The zero-order chi connectivity index (χ0) is 32.3. The molecule has 10 aromatic rings. The first kappa shape index (κ1) is 28.3. The fourth-order valence-electron chi connectivity index (χ4n) is 7.24. The van der Waals surface area contributed by atoms with Crippen LogP contribution in [0.3, 0.4) is 0 Å². The molecule has 2 aromatic heterocycles. The lowest BCUT2D eigenvalue weighted by Gasteiger charge is -2.26. The van der Waals surface area contributed by atoms with Gasteiger partial charge in [0.15, 0.2) is 0 Å². The van der Waals surface area contributed by atoms with Crippen molar-refractivity contribution in [3.63, 3.8) is 0 Å². The van der Waals surface area contributed by atoms with Crippen LogP contribution in [0.4, 0.5) is 17.1 Å². The SMILES string of the molecule is c1ccc(-c2cccc(N(c3ccc(-c4ccc5c(c4)sc4c6ccccc6ccc54)cc3)c3ccc4c(c3)sc3ccccc34)c2)cc1. The van der Waals surface area contributed by atoms with Crippen molar-refractivity contribution in [2.24, 2.45) is 0 Å². The summed E-state index contributed by atoms with van der Waals surface area (Å²) >= 11 is 3.76. The summed E-state index contributed by atoms with van der Waals surface area (Å²) in [6, 6.07) is 64.4. The van der Waals surface area contributed by atoms with Crippen LogP contribution in [-0.2, 0) is 0 Å². The Bertz CT molecular complexity index is 2830. The molecule has 49 heavy (non-hydrogen) atoms. The molecule has 3 heteroatoms. The minimum absolute atomic E-state index is 1.13. The number of fused-ring (bicyclic) bond motifs is 8. The number of benzene rings is 8. The molecule has 0 saturated carbocycles. The predicted octanol–water partition coefficient (Wildman–Crippen LogP) is 14.4. The van der Waals surface area contributed by atoms with Gasteiger partial charge in [-0.15, -0.1) is 22.7 Å². The molecule has 2 heterocycles. The highest BCUT2D eigenvalue weighted by molar-refractivity contribution is 7.26. The summed E-state index contributed by atoms with van der Waals surface area (Å²) < 4.78 is 5.30. The van der Waals surface area contributed by atoms with Gasteiger partial charge in [0, 0.05) is 57.4 Å². The molecule has 0 amide bonds. The molecule has 0 N–H and O–H groups in total. The quantitative estimate of drug-likeness (QED) is 0.178. The third-order valence-electron chi connectivity index (χ3n) is 9.65. The minimum Gasteiger partial charge on any atom is -0.310 e. The Morgan fingerprint density at radius 2 is 0.898 bits per heavy atom. The van der Waals surface area contributed by atoms with E-state index in [9.17, 15) is 0 Å². The normalized spacial score (nSPS) is 11.7. The molecule has 0 spiro atoms. The minimum atomic E-state index is 1.13. The molecule has 0 atom stereocenters. The molecular weight excluding hydrogens is 631 g/mol. The van der Waals surface area contributed by atoms with Crippen molar-refractivity contribution in [3.05, 3.63) is 176 Å². The van der Waals surface area contributed by atoms with E-state index in [2.05, 4.69) is 181 Å². The largest absolute Gasteiger partial charge is 0.310 e. The van der Waals surface area contributed by atoms with Gasteiger partial charge < -0.3 is 4.90 Å². The molecule has 0 aliphatic carbocycles. The van der Waals surface area contributed by atoms with Gasteiger partial charge >= 0.3 is 0 Å². The fraction of sp³-hybridized carbons (Fsp3) is 0. The molecular formula is C46H29NS2. The lowest BCUT2D eigenvalue weighted by atomic mass is 10.0. The Balaban J connectivity index is 1.08. The van der Waals surface area contributed by atoms with Crippen LogP contribution in [0.25, 0.3) is 73.4 Å². The van der Waals surface area contributed by atoms with Crippen LogP contribution < -0.4 is 4.90 Å². The molecule has 10 rings (SSSR count). The molecule has 0 fully saturated rings. The van der Waals surface area contributed by atoms with Crippen molar-refractivity contribution in [1.29, 1.82) is 0 Å². The van der Waals surface area contributed by atoms with Crippen LogP contribution in [0.2, 0.25) is 0 Å². The first-order chi connectivity index (χ1) is 24.3. The van der Waals surface area contributed by atoms with Crippen LogP contribution in [-0.4, -0.2) is 0 Å². The lowest BCUT2D eigenvalue weighted by molar-refractivity contribution is 1.29. The van der Waals surface area contributed by atoms with Crippen LogP contribution in [0.1, 0.15) is 0 Å². The van der Waals surface area contributed by atoms with Gasteiger partial charge in [-0.05, 0) is 81.6 Å². The van der Waals surface area contributed by atoms with Gasteiger partial charge in [-0.3, -0.25) is 0 Å². The van der Waals surface area contributed by atoms with Crippen molar-refractivity contribution in [3.8, 4) is 22.3 Å². The summed E-state index contributed by atoms with van der Waals surface area (Å²) in [7, 11) is 0. The average Bonchev–Trinajstić information content (AvgIpc) is 3.74. The molecule has 0 aliphatic heterocycles. The number of rotatable bonds is 5. The predicted molar refractivity (Wildman–Crippen MR) is 215 cm³/mol. The van der Waals surface area contributed by atoms with E-state index in [1.807, 2.05) is 22.7 Å². The van der Waals surface area contributed by atoms with E-state index in [4.69, 9.17) is 0 Å². The number of hydrogen-bond acceptors (Lipinski definition) is 3. The van der Waals surface area contributed by atoms with Gasteiger partial charge in [-0.25, -0.2) is 0 Å². The first-order valence-electron chi connectivity index (χ1n) is 16.6. The highest BCUT2D eigenvalue weighted by Gasteiger charge is 2.16. The summed E-state index contributed by atoms with van der Waals surface area (Å²) in [5.41, 5.74) is 8.27. The number of anilines is 3. The topological polar surface area (TPSA) is 3.24 Å². The molecule has 8 aromatic carbocycles. The third kappa shape index (κ3) is 4.82. The van der Waals surface area contributed by atoms with Gasteiger partial charge in [0.2, 0.25) is 0 Å². The summed E-state index contributed by atoms with van der Waals surface area (Å²) in [5, 5.41) is 7.92. The van der Waals surface area contributed by atoms with Gasteiger partial charge in [-0.1, -0.05) is 127 Å². The molecule has 0 unspecified atom stereocenters. The first-order valence-corrected chi connectivity index (χ1v) is 18.2.